The van der Waals surface area contributed by atoms with Crippen molar-refractivity contribution < 1.29 is 0 Å². The third-order valence-electron chi connectivity index (χ3n) is 10.3. The molecule has 0 saturated heterocycles. The van der Waals surface area contributed by atoms with Crippen LogP contribution in [0, 0.1) is 0 Å². The van der Waals surface area contributed by atoms with Gasteiger partial charge in [-0.05, 0) is 133 Å². The molecule has 0 N–H and O–H groups in total. The maximum Gasteiger partial charge on any atom is 0.0462 e. The average Bonchev–Trinajstić information content (AvgIpc) is 3.25. The van der Waals surface area contributed by atoms with Gasteiger partial charge in [0.1, 0.15) is 0 Å². The highest BCUT2D eigenvalue weighted by atomic mass is 15.2. The number of nitrogens with zero attached hydrogens (tertiary/aromatic N) is 2. The van der Waals surface area contributed by atoms with E-state index in [1.807, 2.05) is 0 Å². The minimum absolute atomic E-state index is 1.03. The summed E-state index contributed by atoms with van der Waals surface area (Å²) >= 11 is 0. The van der Waals surface area contributed by atoms with Gasteiger partial charge in [0.15, 0.2) is 0 Å². The molecule has 0 atom stereocenters. The van der Waals surface area contributed by atoms with E-state index in [4.69, 9.17) is 0 Å². The standard InChI is InChI=1S/C52H46N2/c1-5-13-47(14-6-1)53(48-15-7-2-8-16-48)51-37-29-43(30-38-51)23-21-41-25-33-45(34-26-41)46-35-27-42(28-36-46)22-24-44-31-39-52(40-32-44)54(49-17-9-3-10-18-49)50-19-11-4-12-20-50/h1-3,5-9,11,13-17,19-25,27-33,35-40H,4,10,12,18,26,34H2/b23-21+,24-22+. The Balaban J connectivity index is 0.893. The molecule has 5 aromatic rings. The molecule has 264 valence electrons. The summed E-state index contributed by atoms with van der Waals surface area (Å²) in [6, 6.07) is 47.8. The molecule has 3 aliphatic carbocycles. The molecular weight excluding hydrogens is 653 g/mol. The lowest BCUT2D eigenvalue weighted by molar-refractivity contribution is 0.887. The maximum absolute atomic E-state index is 2.42. The zero-order chi connectivity index (χ0) is 36.4. The van der Waals surface area contributed by atoms with E-state index >= 15 is 0 Å². The van der Waals surface area contributed by atoms with Gasteiger partial charge >= 0.3 is 0 Å². The number of benzene rings is 5. The monoisotopic (exact) mass is 698 g/mol. The van der Waals surface area contributed by atoms with Gasteiger partial charge in [0, 0.05) is 34.1 Å². The number of hydrogen-bond donors (Lipinski definition) is 0. The second kappa shape index (κ2) is 17.0. The highest BCUT2D eigenvalue weighted by molar-refractivity contribution is 5.78. The molecule has 0 fully saturated rings. The minimum atomic E-state index is 1.03. The molecule has 0 aromatic heterocycles. The average molecular weight is 699 g/mol. The minimum Gasteiger partial charge on any atom is -0.315 e. The zero-order valence-corrected chi connectivity index (χ0v) is 30.8. The number of rotatable bonds is 11. The third-order valence-corrected chi connectivity index (χ3v) is 10.3. The summed E-state index contributed by atoms with van der Waals surface area (Å²) in [7, 11) is 0. The van der Waals surface area contributed by atoms with Crippen LogP contribution in [0.3, 0.4) is 0 Å². The second-order valence-corrected chi connectivity index (χ2v) is 14.0. The summed E-state index contributed by atoms with van der Waals surface area (Å²) in [5.41, 5.74) is 14.9. The van der Waals surface area contributed by atoms with E-state index in [9.17, 15) is 0 Å². The second-order valence-electron chi connectivity index (χ2n) is 14.0. The molecular formula is C52H46N2. The van der Waals surface area contributed by atoms with E-state index in [0.717, 1.165) is 55.6 Å². The Morgan fingerprint density at radius 3 is 1.54 bits per heavy atom. The predicted molar refractivity (Wildman–Crippen MR) is 233 cm³/mol. The molecule has 0 spiro atoms. The van der Waals surface area contributed by atoms with E-state index in [1.54, 1.807) is 0 Å². The van der Waals surface area contributed by atoms with Crippen LogP contribution in [-0.2, 0) is 0 Å². The lowest BCUT2D eigenvalue weighted by Crippen LogP contribution is -2.22. The number of anilines is 4. The first-order valence-corrected chi connectivity index (χ1v) is 19.3. The summed E-state index contributed by atoms with van der Waals surface area (Å²) in [6.07, 6.45) is 33.5. The number of allylic oxidation sites excluding steroid dienone is 12. The van der Waals surface area contributed by atoms with Crippen LogP contribution in [0.2, 0.25) is 0 Å². The Morgan fingerprint density at radius 1 is 0.426 bits per heavy atom. The van der Waals surface area contributed by atoms with Gasteiger partial charge in [0.2, 0.25) is 0 Å². The summed E-state index contributed by atoms with van der Waals surface area (Å²) in [5, 5.41) is 0. The van der Waals surface area contributed by atoms with Crippen LogP contribution in [0.25, 0.3) is 23.8 Å². The Kier molecular flexibility index (Phi) is 10.9. The van der Waals surface area contributed by atoms with Crippen molar-refractivity contribution in [1.29, 1.82) is 0 Å². The van der Waals surface area contributed by atoms with Crippen LogP contribution in [-0.4, -0.2) is 0 Å². The van der Waals surface area contributed by atoms with Gasteiger partial charge < -0.3 is 9.80 Å². The predicted octanol–water partition coefficient (Wildman–Crippen LogP) is 14.4. The van der Waals surface area contributed by atoms with Crippen LogP contribution in [0.4, 0.5) is 22.7 Å². The first kappa shape index (κ1) is 34.7. The number of para-hydroxylation sites is 2. The summed E-state index contributed by atoms with van der Waals surface area (Å²) in [5.74, 6) is 0. The van der Waals surface area contributed by atoms with Crippen LogP contribution in [0.5, 0.6) is 0 Å². The van der Waals surface area contributed by atoms with Crippen molar-refractivity contribution in [3.8, 4) is 0 Å². The molecule has 54 heavy (non-hydrogen) atoms. The van der Waals surface area contributed by atoms with Gasteiger partial charge in [-0.25, -0.2) is 0 Å². The van der Waals surface area contributed by atoms with Crippen molar-refractivity contribution in [1.82, 2.24) is 0 Å². The molecule has 0 amide bonds. The Morgan fingerprint density at radius 2 is 1.00 bits per heavy atom. The van der Waals surface area contributed by atoms with Crippen molar-refractivity contribution in [2.75, 3.05) is 9.80 Å². The van der Waals surface area contributed by atoms with Crippen molar-refractivity contribution in [3.63, 3.8) is 0 Å². The van der Waals surface area contributed by atoms with Gasteiger partial charge in [-0.15, -0.1) is 0 Å². The van der Waals surface area contributed by atoms with Crippen molar-refractivity contribution in [3.05, 3.63) is 227 Å². The largest absolute Gasteiger partial charge is 0.315 e. The van der Waals surface area contributed by atoms with E-state index in [1.165, 1.54) is 50.5 Å². The molecule has 0 aliphatic heterocycles. The molecule has 5 aromatic carbocycles. The summed E-state index contributed by atoms with van der Waals surface area (Å²) in [6.45, 7) is 0. The van der Waals surface area contributed by atoms with Crippen molar-refractivity contribution >= 4 is 46.6 Å². The van der Waals surface area contributed by atoms with Crippen LogP contribution in [0.15, 0.2) is 205 Å². The molecule has 0 unspecified atom stereocenters. The molecule has 2 heteroatoms. The third kappa shape index (κ3) is 8.46. The topological polar surface area (TPSA) is 6.48 Å². The van der Waals surface area contributed by atoms with Crippen LogP contribution < -0.4 is 9.80 Å². The number of hydrogen-bond acceptors (Lipinski definition) is 2. The van der Waals surface area contributed by atoms with Gasteiger partial charge in [0.05, 0.1) is 0 Å². The molecule has 2 nitrogen and oxygen atoms in total. The molecule has 0 radical (unpaired) electrons. The van der Waals surface area contributed by atoms with Gasteiger partial charge in [0.25, 0.3) is 0 Å². The quantitative estimate of drug-likeness (QED) is 0.127. The first-order valence-electron chi connectivity index (χ1n) is 19.3. The van der Waals surface area contributed by atoms with Crippen LogP contribution >= 0.6 is 0 Å². The fourth-order valence-corrected chi connectivity index (χ4v) is 7.33. The molecule has 0 saturated carbocycles. The Labute approximate surface area is 321 Å². The van der Waals surface area contributed by atoms with E-state index in [2.05, 4.69) is 216 Å². The highest BCUT2D eigenvalue weighted by Crippen LogP contribution is 2.35. The molecule has 3 aliphatic rings. The molecule has 0 bridgehead atoms. The van der Waals surface area contributed by atoms with E-state index < -0.39 is 0 Å². The van der Waals surface area contributed by atoms with Crippen molar-refractivity contribution in [2.45, 2.75) is 38.5 Å². The Hall–Kier alpha value is -6.38. The van der Waals surface area contributed by atoms with Gasteiger partial charge in [-0.3, -0.25) is 0 Å². The fourth-order valence-electron chi connectivity index (χ4n) is 7.33. The van der Waals surface area contributed by atoms with Crippen molar-refractivity contribution in [2.24, 2.45) is 0 Å². The first-order chi connectivity index (χ1) is 26.8. The highest BCUT2D eigenvalue weighted by Gasteiger charge is 2.17. The maximum atomic E-state index is 2.42. The van der Waals surface area contributed by atoms with Gasteiger partial charge in [-0.1, -0.05) is 146 Å². The smallest absolute Gasteiger partial charge is 0.0462 e. The summed E-state index contributed by atoms with van der Waals surface area (Å²) < 4.78 is 0. The lowest BCUT2D eigenvalue weighted by Gasteiger charge is -2.30. The molecule has 0 heterocycles. The molecule has 8 rings (SSSR count). The van der Waals surface area contributed by atoms with E-state index in [0.29, 0.717) is 0 Å². The van der Waals surface area contributed by atoms with E-state index in [-0.39, 0.29) is 0 Å². The Bertz CT molecular complexity index is 2240. The van der Waals surface area contributed by atoms with Crippen LogP contribution in [0.1, 0.15) is 60.8 Å². The normalized spacial score (nSPS) is 15.5. The van der Waals surface area contributed by atoms with Gasteiger partial charge in [-0.2, -0.15) is 0 Å². The zero-order valence-electron chi connectivity index (χ0n) is 30.8. The lowest BCUT2D eigenvalue weighted by atomic mass is 9.92. The fraction of sp³-hybridized carbons (Fsp3) is 0.115. The summed E-state index contributed by atoms with van der Waals surface area (Å²) in [4.78, 5) is 4.71. The SMILES string of the molecule is C1=CCCC(N(C2=CCCC=C2)c2ccc(/C=C/c3ccc(C4=CC=C(/C=C/c5ccc(N(c6ccccc6)c6ccccc6)cc5)CC4)cc3)cc2)=C1.